The number of carbonyl (C=O) groups is 2. The second kappa shape index (κ2) is 8.74. The second-order valence-corrected chi connectivity index (χ2v) is 8.13. The molecular weight excluding hydrogens is 340 g/mol. The average molecular weight is 373 g/mol. The molecule has 0 aromatic heterocycles. The zero-order valence-electron chi connectivity index (χ0n) is 16.8. The van der Waals surface area contributed by atoms with Crippen LogP contribution in [-0.4, -0.2) is 67.9 Å². The Morgan fingerprint density at radius 1 is 1.07 bits per heavy atom. The molecule has 2 heterocycles. The number of hydrogen-bond acceptors (Lipinski definition) is 4. The van der Waals surface area contributed by atoms with Gasteiger partial charge >= 0.3 is 0 Å². The summed E-state index contributed by atoms with van der Waals surface area (Å²) < 4.78 is 0. The number of hydrogen-bond donors (Lipinski definition) is 1. The summed E-state index contributed by atoms with van der Waals surface area (Å²) in [6, 6.07) is 7.93. The number of nitrogens with one attached hydrogen (secondary N) is 1. The molecule has 1 aromatic carbocycles. The number of piperidine rings is 1. The largest absolute Gasteiger partial charge is 0.372 e. The summed E-state index contributed by atoms with van der Waals surface area (Å²) in [5, 5.41) is 2.97. The Morgan fingerprint density at radius 2 is 1.74 bits per heavy atom. The van der Waals surface area contributed by atoms with Crippen LogP contribution in [-0.2, 0) is 9.59 Å². The van der Waals surface area contributed by atoms with Crippen LogP contribution in [0.3, 0.4) is 0 Å². The maximum Gasteiger partial charge on any atom is 0.239 e. The van der Waals surface area contributed by atoms with Crippen molar-refractivity contribution in [3.05, 3.63) is 24.3 Å². The van der Waals surface area contributed by atoms with Gasteiger partial charge in [0.05, 0.1) is 12.6 Å². The van der Waals surface area contributed by atoms with Gasteiger partial charge in [-0.3, -0.25) is 14.5 Å². The highest BCUT2D eigenvalue weighted by atomic mass is 16.2. The number of anilines is 2. The molecule has 0 radical (unpaired) electrons. The molecule has 2 aliphatic heterocycles. The van der Waals surface area contributed by atoms with Gasteiger partial charge in [-0.25, -0.2) is 0 Å². The minimum atomic E-state index is -0.172. The molecular formula is C21H32N4O2. The maximum absolute atomic E-state index is 12.4. The van der Waals surface area contributed by atoms with E-state index in [0.717, 1.165) is 44.1 Å². The van der Waals surface area contributed by atoms with E-state index in [-0.39, 0.29) is 24.4 Å². The molecule has 6 nitrogen and oxygen atoms in total. The lowest BCUT2D eigenvalue weighted by atomic mass is 9.99. The normalized spacial score (nSPS) is 21.3. The Hall–Kier alpha value is -2.08. The van der Waals surface area contributed by atoms with Crippen LogP contribution in [0.1, 0.15) is 32.6 Å². The van der Waals surface area contributed by atoms with Crippen LogP contribution >= 0.6 is 0 Å². The smallest absolute Gasteiger partial charge is 0.239 e. The van der Waals surface area contributed by atoms with Crippen molar-refractivity contribution in [3.63, 3.8) is 0 Å². The lowest BCUT2D eigenvalue weighted by Gasteiger charge is -2.32. The highest BCUT2D eigenvalue weighted by molar-refractivity contribution is 5.93. The summed E-state index contributed by atoms with van der Waals surface area (Å²) in [5.74, 6) is 0.835. The van der Waals surface area contributed by atoms with Crippen LogP contribution in [0, 0.1) is 5.92 Å². The number of rotatable bonds is 5. The molecule has 2 saturated heterocycles. The Morgan fingerprint density at radius 3 is 2.37 bits per heavy atom. The van der Waals surface area contributed by atoms with Gasteiger partial charge in [0.2, 0.25) is 11.8 Å². The first-order valence-corrected chi connectivity index (χ1v) is 10.0. The van der Waals surface area contributed by atoms with E-state index in [2.05, 4.69) is 29.3 Å². The Labute approximate surface area is 162 Å². The van der Waals surface area contributed by atoms with Crippen molar-refractivity contribution in [2.45, 2.75) is 38.6 Å². The van der Waals surface area contributed by atoms with Crippen molar-refractivity contribution >= 4 is 23.2 Å². The first kappa shape index (κ1) is 19.7. The third-order valence-electron chi connectivity index (χ3n) is 5.74. The van der Waals surface area contributed by atoms with Crippen molar-refractivity contribution in [2.24, 2.45) is 5.92 Å². The molecule has 2 fully saturated rings. The SMILES string of the molecule is CC1CCN(c2ccc(NC(=O)CN3CCC[C@H]3C(=O)N(C)C)cc2)CC1. The van der Waals surface area contributed by atoms with Crippen molar-refractivity contribution in [1.29, 1.82) is 0 Å². The summed E-state index contributed by atoms with van der Waals surface area (Å²) in [6.45, 7) is 5.57. The number of carbonyl (C=O) groups excluding carboxylic acids is 2. The van der Waals surface area contributed by atoms with E-state index in [4.69, 9.17) is 0 Å². The predicted molar refractivity (Wildman–Crippen MR) is 109 cm³/mol. The number of nitrogens with zero attached hydrogens (tertiary/aromatic N) is 3. The molecule has 0 saturated carbocycles. The van der Waals surface area contributed by atoms with E-state index in [1.54, 1.807) is 19.0 Å². The summed E-state index contributed by atoms with van der Waals surface area (Å²) in [7, 11) is 3.53. The third kappa shape index (κ3) is 5.01. The number of amides is 2. The molecule has 2 aliphatic rings. The standard InChI is InChI=1S/C21H32N4O2/c1-16-10-13-24(14-11-16)18-8-6-17(7-9-18)22-20(26)15-25-12-4-5-19(25)21(27)23(2)3/h6-9,16,19H,4-5,10-15H2,1-3H3,(H,22,26)/t19-/m0/s1. The first-order chi connectivity index (χ1) is 12.9. The monoisotopic (exact) mass is 372 g/mol. The molecule has 0 unspecified atom stereocenters. The molecule has 0 aliphatic carbocycles. The van der Waals surface area contributed by atoms with Gasteiger partial charge in [-0.1, -0.05) is 6.92 Å². The van der Waals surface area contributed by atoms with Crippen LogP contribution in [0.4, 0.5) is 11.4 Å². The van der Waals surface area contributed by atoms with Crippen molar-refractivity contribution in [3.8, 4) is 0 Å². The van der Waals surface area contributed by atoms with E-state index in [1.807, 2.05) is 17.0 Å². The molecule has 3 rings (SSSR count). The lowest BCUT2D eigenvalue weighted by molar-refractivity contribution is -0.133. The zero-order valence-corrected chi connectivity index (χ0v) is 16.8. The fraction of sp³-hybridized carbons (Fsp3) is 0.619. The summed E-state index contributed by atoms with van der Waals surface area (Å²) in [4.78, 5) is 30.7. The van der Waals surface area contributed by atoms with Crippen LogP contribution in [0.5, 0.6) is 0 Å². The molecule has 1 atom stereocenters. The topological polar surface area (TPSA) is 55.9 Å². The highest BCUT2D eigenvalue weighted by Crippen LogP contribution is 2.24. The Bertz CT molecular complexity index is 651. The van der Waals surface area contributed by atoms with Gasteiger partial charge in [0.15, 0.2) is 0 Å². The molecule has 0 spiro atoms. The number of likely N-dealkylation sites (tertiary alicyclic amines) is 1. The minimum absolute atomic E-state index is 0.0620. The van der Waals surface area contributed by atoms with E-state index in [1.165, 1.54) is 18.5 Å². The predicted octanol–water partition coefficient (Wildman–Crippen LogP) is 2.41. The molecule has 6 heteroatoms. The Balaban J connectivity index is 1.53. The summed E-state index contributed by atoms with van der Waals surface area (Å²) in [6.07, 6.45) is 4.26. The van der Waals surface area contributed by atoms with E-state index in [9.17, 15) is 9.59 Å². The van der Waals surface area contributed by atoms with Gasteiger partial charge < -0.3 is 15.1 Å². The van der Waals surface area contributed by atoms with E-state index >= 15 is 0 Å². The van der Waals surface area contributed by atoms with Crippen LogP contribution in [0.2, 0.25) is 0 Å². The molecule has 1 aromatic rings. The van der Waals surface area contributed by atoms with Crippen LogP contribution < -0.4 is 10.2 Å². The van der Waals surface area contributed by atoms with E-state index < -0.39 is 0 Å². The summed E-state index contributed by atoms with van der Waals surface area (Å²) >= 11 is 0. The molecule has 2 amide bonds. The fourth-order valence-corrected chi connectivity index (χ4v) is 4.00. The van der Waals surface area contributed by atoms with Crippen molar-refractivity contribution in [1.82, 2.24) is 9.80 Å². The second-order valence-electron chi connectivity index (χ2n) is 8.13. The number of benzene rings is 1. The Kier molecular flexibility index (Phi) is 6.37. The van der Waals surface area contributed by atoms with Gasteiger partial charge in [-0.05, 0) is 62.4 Å². The quantitative estimate of drug-likeness (QED) is 0.862. The van der Waals surface area contributed by atoms with Gasteiger partial charge in [-0.2, -0.15) is 0 Å². The van der Waals surface area contributed by atoms with Gasteiger partial charge in [0.25, 0.3) is 0 Å². The average Bonchev–Trinajstić information content (AvgIpc) is 3.10. The highest BCUT2D eigenvalue weighted by Gasteiger charge is 2.32. The van der Waals surface area contributed by atoms with Crippen LogP contribution in [0.25, 0.3) is 0 Å². The minimum Gasteiger partial charge on any atom is -0.372 e. The van der Waals surface area contributed by atoms with Crippen LogP contribution in [0.15, 0.2) is 24.3 Å². The molecule has 27 heavy (non-hydrogen) atoms. The number of likely N-dealkylation sites (N-methyl/N-ethyl adjacent to an activating group) is 1. The molecule has 1 N–H and O–H groups in total. The fourth-order valence-electron chi connectivity index (χ4n) is 4.00. The van der Waals surface area contributed by atoms with Gasteiger partial charge in [0.1, 0.15) is 0 Å². The maximum atomic E-state index is 12.4. The zero-order chi connectivity index (χ0) is 19.4. The van der Waals surface area contributed by atoms with Crippen molar-refractivity contribution < 1.29 is 9.59 Å². The van der Waals surface area contributed by atoms with Gasteiger partial charge in [0, 0.05) is 38.6 Å². The first-order valence-electron chi connectivity index (χ1n) is 10.0. The molecule has 0 bridgehead atoms. The van der Waals surface area contributed by atoms with Gasteiger partial charge in [-0.15, -0.1) is 0 Å². The molecule has 148 valence electrons. The summed E-state index contributed by atoms with van der Waals surface area (Å²) in [5.41, 5.74) is 2.03. The third-order valence-corrected chi connectivity index (χ3v) is 5.74. The lowest BCUT2D eigenvalue weighted by Crippen LogP contribution is -2.45. The van der Waals surface area contributed by atoms with E-state index in [0.29, 0.717) is 0 Å². The van der Waals surface area contributed by atoms with Crippen molar-refractivity contribution in [2.75, 3.05) is 50.5 Å².